The van der Waals surface area contributed by atoms with Gasteiger partial charge in [0.2, 0.25) is 5.82 Å². The first-order chi connectivity index (χ1) is 9.08. The molecule has 0 aliphatic heterocycles. The van der Waals surface area contributed by atoms with Crippen LogP contribution in [0.1, 0.15) is 25.7 Å². The van der Waals surface area contributed by atoms with Gasteiger partial charge in [0.05, 0.1) is 11.0 Å². The van der Waals surface area contributed by atoms with Crippen LogP contribution in [0.25, 0.3) is 0 Å². The highest BCUT2D eigenvalue weighted by atomic mass is 16.6. The van der Waals surface area contributed by atoms with E-state index in [1.165, 1.54) is 12.1 Å². The van der Waals surface area contributed by atoms with Crippen molar-refractivity contribution >= 4 is 17.3 Å². The van der Waals surface area contributed by atoms with Crippen molar-refractivity contribution in [3.8, 4) is 0 Å². The molecule has 1 fully saturated rings. The van der Waals surface area contributed by atoms with Crippen LogP contribution >= 0.6 is 0 Å². The van der Waals surface area contributed by atoms with Crippen LogP contribution in [-0.4, -0.2) is 27.7 Å². The lowest BCUT2D eigenvalue weighted by atomic mass is 9.86. The van der Waals surface area contributed by atoms with E-state index in [-0.39, 0.29) is 29.3 Å². The van der Waals surface area contributed by atoms with E-state index in [1.807, 2.05) is 0 Å². The maximum Gasteiger partial charge on any atom is 0.311 e. The summed E-state index contributed by atoms with van der Waals surface area (Å²) in [5.74, 6) is 0.511. The number of nitrogens with zero attached hydrogens (tertiary/aromatic N) is 2. The third-order valence-electron chi connectivity index (χ3n) is 3.49. The zero-order chi connectivity index (χ0) is 13.8. The van der Waals surface area contributed by atoms with E-state index in [4.69, 9.17) is 5.73 Å². The minimum atomic E-state index is -0.494. The normalized spacial score (nSPS) is 23.0. The summed E-state index contributed by atoms with van der Waals surface area (Å²) >= 11 is 0. The van der Waals surface area contributed by atoms with E-state index in [9.17, 15) is 15.2 Å². The Morgan fingerprint density at radius 2 is 2.21 bits per heavy atom. The molecule has 0 saturated heterocycles. The average Bonchev–Trinajstić information content (AvgIpc) is 2.37. The lowest BCUT2D eigenvalue weighted by Gasteiger charge is -2.27. The fourth-order valence-corrected chi connectivity index (χ4v) is 2.40. The molecule has 1 saturated carbocycles. The largest absolute Gasteiger partial charge is 0.393 e. The van der Waals surface area contributed by atoms with Crippen LogP contribution in [-0.2, 0) is 0 Å². The van der Waals surface area contributed by atoms with Gasteiger partial charge in [0, 0.05) is 18.5 Å². The maximum absolute atomic E-state index is 10.9. The molecule has 0 amide bonds. The number of aliphatic hydroxyl groups excluding tert-OH is 1. The molecule has 4 N–H and O–H groups in total. The molecule has 0 radical (unpaired) electrons. The van der Waals surface area contributed by atoms with Gasteiger partial charge in [-0.05, 0) is 18.9 Å². The van der Waals surface area contributed by atoms with E-state index < -0.39 is 4.92 Å². The van der Waals surface area contributed by atoms with E-state index in [0.717, 1.165) is 25.7 Å². The van der Waals surface area contributed by atoms with Crippen LogP contribution in [0.5, 0.6) is 0 Å². The first-order valence-electron chi connectivity index (χ1n) is 6.41. The molecule has 1 aromatic rings. The van der Waals surface area contributed by atoms with E-state index in [0.29, 0.717) is 6.54 Å². The van der Waals surface area contributed by atoms with Crippen molar-refractivity contribution < 1.29 is 10.0 Å². The van der Waals surface area contributed by atoms with Gasteiger partial charge in [-0.2, -0.15) is 0 Å². The number of nitrogen functional groups attached to an aromatic ring is 1. The number of nitrogens with two attached hydrogens (primary N) is 1. The number of hydrogen-bond donors (Lipinski definition) is 3. The van der Waals surface area contributed by atoms with Gasteiger partial charge in [-0.1, -0.05) is 12.8 Å². The summed E-state index contributed by atoms with van der Waals surface area (Å²) in [4.78, 5) is 14.3. The fraction of sp³-hybridized carbons (Fsp3) is 0.583. The van der Waals surface area contributed by atoms with Crippen LogP contribution < -0.4 is 11.1 Å². The van der Waals surface area contributed by atoms with Crippen molar-refractivity contribution in [2.24, 2.45) is 5.92 Å². The molecule has 1 aromatic heterocycles. The van der Waals surface area contributed by atoms with Gasteiger partial charge in [-0.25, -0.2) is 4.98 Å². The van der Waals surface area contributed by atoms with E-state index in [1.54, 1.807) is 0 Å². The first kappa shape index (κ1) is 13.5. The Morgan fingerprint density at radius 1 is 1.47 bits per heavy atom. The van der Waals surface area contributed by atoms with E-state index >= 15 is 0 Å². The van der Waals surface area contributed by atoms with Crippen molar-refractivity contribution in [2.45, 2.75) is 31.8 Å². The molecule has 7 heteroatoms. The topological polar surface area (TPSA) is 114 Å². The average molecular weight is 266 g/mol. The minimum absolute atomic E-state index is 0.0977. The highest BCUT2D eigenvalue weighted by Crippen LogP contribution is 2.27. The van der Waals surface area contributed by atoms with Crippen molar-refractivity contribution in [2.75, 3.05) is 17.6 Å². The molecule has 7 nitrogen and oxygen atoms in total. The molecule has 0 spiro atoms. The molecule has 1 aliphatic rings. The van der Waals surface area contributed by atoms with Gasteiger partial charge in [0.15, 0.2) is 0 Å². The molecule has 0 aromatic carbocycles. The molecular formula is C12H18N4O3. The molecule has 1 heterocycles. The molecule has 0 bridgehead atoms. The second kappa shape index (κ2) is 5.83. The van der Waals surface area contributed by atoms with Gasteiger partial charge < -0.3 is 16.2 Å². The number of nitro groups is 1. The van der Waals surface area contributed by atoms with Gasteiger partial charge in [0.1, 0.15) is 5.82 Å². The third-order valence-corrected chi connectivity index (χ3v) is 3.49. The fourth-order valence-electron chi connectivity index (χ4n) is 2.40. The number of aromatic nitrogens is 1. The van der Waals surface area contributed by atoms with Crippen molar-refractivity contribution in [3.63, 3.8) is 0 Å². The molecule has 19 heavy (non-hydrogen) atoms. The van der Waals surface area contributed by atoms with Gasteiger partial charge in [-0.15, -0.1) is 0 Å². The Kier molecular flexibility index (Phi) is 4.16. The van der Waals surface area contributed by atoms with Crippen molar-refractivity contribution in [1.82, 2.24) is 4.98 Å². The quantitative estimate of drug-likeness (QED) is 0.562. The number of pyridine rings is 1. The Hall–Kier alpha value is -1.89. The van der Waals surface area contributed by atoms with Gasteiger partial charge in [-0.3, -0.25) is 10.1 Å². The van der Waals surface area contributed by atoms with Crippen LogP contribution in [0.3, 0.4) is 0 Å². The number of hydrogen-bond acceptors (Lipinski definition) is 6. The Balaban J connectivity index is 2.05. The number of rotatable bonds is 4. The van der Waals surface area contributed by atoms with Crippen LogP contribution in [0.4, 0.5) is 17.3 Å². The standard InChI is InChI=1S/C12H18N4O3/c13-11-6-5-9(16(18)19)12(15-11)14-7-8-3-1-2-4-10(8)17/h5-6,8,10,17H,1-4,7H2,(H3,13,14,15). The number of aliphatic hydroxyl groups is 1. The summed E-state index contributed by atoms with van der Waals surface area (Å²) < 4.78 is 0. The molecule has 2 unspecified atom stereocenters. The Labute approximate surface area is 111 Å². The zero-order valence-corrected chi connectivity index (χ0v) is 10.6. The molecule has 2 rings (SSSR count). The highest BCUT2D eigenvalue weighted by molar-refractivity contribution is 5.59. The monoisotopic (exact) mass is 266 g/mol. The van der Waals surface area contributed by atoms with Gasteiger partial charge in [0.25, 0.3) is 0 Å². The summed E-state index contributed by atoms with van der Waals surface area (Å²) in [6.45, 7) is 0.471. The molecule has 2 atom stereocenters. The second-order valence-electron chi connectivity index (χ2n) is 4.85. The molecule has 1 aliphatic carbocycles. The lowest BCUT2D eigenvalue weighted by Crippen LogP contribution is -2.30. The van der Waals surface area contributed by atoms with Gasteiger partial charge >= 0.3 is 5.69 Å². The van der Waals surface area contributed by atoms with E-state index in [2.05, 4.69) is 10.3 Å². The molecule has 104 valence electrons. The third kappa shape index (κ3) is 3.31. The SMILES string of the molecule is Nc1ccc([N+](=O)[O-])c(NCC2CCCCC2O)n1. The van der Waals surface area contributed by atoms with Crippen molar-refractivity contribution in [3.05, 3.63) is 22.2 Å². The summed E-state index contributed by atoms with van der Waals surface area (Å²) in [5.41, 5.74) is 5.44. The Morgan fingerprint density at radius 3 is 2.89 bits per heavy atom. The maximum atomic E-state index is 10.9. The minimum Gasteiger partial charge on any atom is -0.393 e. The van der Waals surface area contributed by atoms with Crippen LogP contribution in [0, 0.1) is 16.0 Å². The zero-order valence-electron chi connectivity index (χ0n) is 10.6. The van der Waals surface area contributed by atoms with Crippen LogP contribution in [0.2, 0.25) is 0 Å². The predicted octanol–water partition coefficient (Wildman–Crippen LogP) is 1.53. The number of anilines is 2. The highest BCUT2D eigenvalue weighted by Gasteiger charge is 2.24. The lowest BCUT2D eigenvalue weighted by molar-refractivity contribution is -0.384. The first-order valence-corrected chi connectivity index (χ1v) is 6.41. The summed E-state index contributed by atoms with van der Waals surface area (Å²) in [5, 5.41) is 23.7. The summed E-state index contributed by atoms with van der Waals surface area (Å²) in [7, 11) is 0. The van der Waals surface area contributed by atoms with Crippen molar-refractivity contribution in [1.29, 1.82) is 0 Å². The summed E-state index contributed by atoms with van der Waals surface area (Å²) in [6.07, 6.45) is 3.48. The smallest absolute Gasteiger partial charge is 0.311 e. The molecular weight excluding hydrogens is 248 g/mol. The predicted molar refractivity (Wildman–Crippen MR) is 71.8 cm³/mol. The van der Waals surface area contributed by atoms with Crippen LogP contribution in [0.15, 0.2) is 12.1 Å². The second-order valence-corrected chi connectivity index (χ2v) is 4.85. The summed E-state index contributed by atoms with van der Waals surface area (Å²) in [6, 6.07) is 2.74. The number of nitrogens with one attached hydrogen (secondary N) is 1. The Bertz CT molecular complexity index is 466.